The molecule has 0 bridgehead atoms. The number of aliphatic carboxylic acids is 1. The van der Waals surface area contributed by atoms with Crippen molar-refractivity contribution >= 4 is 17.3 Å². The van der Waals surface area contributed by atoms with Crippen molar-refractivity contribution in [2.24, 2.45) is 0 Å². The Morgan fingerprint density at radius 2 is 2.40 bits per heavy atom. The van der Waals surface area contributed by atoms with Crippen molar-refractivity contribution in [3.63, 3.8) is 0 Å². The summed E-state index contributed by atoms with van der Waals surface area (Å²) < 4.78 is 5.33. The Bertz CT molecular complexity index is 406. The fourth-order valence-corrected chi connectivity index (χ4v) is 1.63. The number of anilines is 2. The van der Waals surface area contributed by atoms with E-state index in [2.05, 4.69) is 0 Å². The maximum Gasteiger partial charge on any atom is 0.346 e. The summed E-state index contributed by atoms with van der Waals surface area (Å²) in [7, 11) is 1.82. The lowest BCUT2D eigenvalue weighted by Crippen LogP contribution is -2.42. The van der Waals surface area contributed by atoms with Crippen LogP contribution in [0.3, 0.4) is 0 Å². The molecule has 0 aromatic heterocycles. The molecule has 1 aromatic carbocycles. The molecule has 5 nitrogen and oxygen atoms in total. The molecule has 0 aliphatic carbocycles. The predicted molar refractivity (Wildman–Crippen MR) is 56.2 cm³/mol. The smallest absolute Gasteiger partial charge is 0.346 e. The van der Waals surface area contributed by atoms with Gasteiger partial charge in [0, 0.05) is 7.05 Å². The van der Waals surface area contributed by atoms with Gasteiger partial charge >= 0.3 is 5.97 Å². The number of likely N-dealkylation sites (N-methyl/N-ethyl adjacent to an activating group) is 1. The molecule has 0 saturated carbocycles. The van der Waals surface area contributed by atoms with Crippen molar-refractivity contribution in [1.82, 2.24) is 0 Å². The largest absolute Gasteiger partial charge is 0.478 e. The van der Waals surface area contributed by atoms with Gasteiger partial charge in [0.25, 0.3) is 0 Å². The quantitative estimate of drug-likeness (QED) is 0.659. The Labute approximate surface area is 87.1 Å². The highest BCUT2D eigenvalue weighted by Crippen LogP contribution is 2.37. The van der Waals surface area contributed by atoms with Crippen molar-refractivity contribution in [2.75, 3.05) is 24.2 Å². The van der Waals surface area contributed by atoms with Crippen LogP contribution in [-0.4, -0.2) is 30.8 Å². The van der Waals surface area contributed by atoms with Crippen LogP contribution in [0.4, 0.5) is 11.4 Å². The number of carboxylic acid groups (broad SMARTS) is 1. The van der Waals surface area contributed by atoms with Crippen LogP contribution in [0.25, 0.3) is 0 Å². The van der Waals surface area contributed by atoms with E-state index in [0.29, 0.717) is 18.0 Å². The van der Waals surface area contributed by atoms with Crippen LogP contribution >= 0.6 is 0 Å². The molecule has 0 fully saturated rings. The topological polar surface area (TPSA) is 75.8 Å². The van der Waals surface area contributed by atoms with E-state index in [1.165, 1.54) is 0 Å². The fraction of sp³-hybridized carbons (Fsp3) is 0.300. The van der Waals surface area contributed by atoms with Gasteiger partial charge in [0.15, 0.2) is 5.75 Å². The Morgan fingerprint density at radius 1 is 1.67 bits per heavy atom. The maximum absolute atomic E-state index is 10.8. The minimum atomic E-state index is -0.976. The number of nitrogens with zero attached hydrogens (tertiary/aromatic N) is 1. The molecule has 0 spiro atoms. The zero-order valence-electron chi connectivity index (χ0n) is 8.30. The van der Waals surface area contributed by atoms with Crippen molar-refractivity contribution in [1.29, 1.82) is 0 Å². The second kappa shape index (κ2) is 3.34. The molecule has 1 aromatic rings. The van der Waals surface area contributed by atoms with Gasteiger partial charge in [-0.1, -0.05) is 6.07 Å². The van der Waals surface area contributed by atoms with Gasteiger partial charge in [-0.05, 0) is 12.1 Å². The average molecular weight is 208 g/mol. The molecule has 0 saturated heterocycles. The monoisotopic (exact) mass is 208 g/mol. The van der Waals surface area contributed by atoms with Crippen molar-refractivity contribution < 1.29 is 14.6 Å². The van der Waals surface area contributed by atoms with Crippen LogP contribution in [0.15, 0.2) is 18.2 Å². The minimum Gasteiger partial charge on any atom is -0.478 e. The normalized spacial score (nSPS) is 19.3. The molecule has 1 atom stereocenters. The van der Waals surface area contributed by atoms with Crippen LogP contribution in [0, 0.1) is 0 Å². The number of carboxylic acids is 1. The van der Waals surface area contributed by atoms with Gasteiger partial charge in [0.2, 0.25) is 6.10 Å². The van der Waals surface area contributed by atoms with Gasteiger partial charge in [-0.15, -0.1) is 0 Å². The van der Waals surface area contributed by atoms with E-state index >= 15 is 0 Å². The number of hydrogen-bond acceptors (Lipinski definition) is 4. The maximum atomic E-state index is 10.8. The second-order valence-corrected chi connectivity index (χ2v) is 3.52. The Balaban J connectivity index is 2.41. The van der Waals surface area contributed by atoms with E-state index in [1.54, 1.807) is 6.07 Å². The molecule has 1 aliphatic heterocycles. The number of para-hydroxylation sites is 1. The molecule has 1 aliphatic rings. The Hall–Kier alpha value is -1.91. The summed E-state index contributed by atoms with van der Waals surface area (Å²) in [6, 6.07) is 5.36. The SMILES string of the molecule is CN1CC(C(=O)O)Oc2c(N)cccc21. The van der Waals surface area contributed by atoms with Crippen LogP contribution in [0.1, 0.15) is 0 Å². The third-order valence-electron chi connectivity index (χ3n) is 2.41. The zero-order valence-corrected chi connectivity index (χ0v) is 8.30. The molecular weight excluding hydrogens is 196 g/mol. The van der Waals surface area contributed by atoms with Gasteiger partial charge in [0.05, 0.1) is 17.9 Å². The van der Waals surface area contributed by atoms with Crippen molar-refractivity contribution in [3.8, 4) is 5.75 Å². The first-order valence-corrected chi connectivity index (χ1v) is 4.58. The highest BCUT2D eigenvalue weighted by Gasteiger charge is 2.29. The molecule has 0 radical (unpaired) electrons. The van der Waals surface area contributed by atoms with Crippen LogP contribution in [0.2, 0.25) is 0 Å². The summed E-state index contributed by atoms with van der Waals surface area (Å²) in [4.78, 5) is 12.7. The van der Waals surface area contributed by atoms with E-state index in [1.807, 2.05) is 24.1 Å². The zero-order chi connectivity index (χ0) is 11.0. The van der Waals surface area contributed by atoms with E-state index in [-0.39, 0.29) is 0 Å². The standard InChI is InChI=1S/C10H12N2O3/c1-12-5-8(10(13)14)15-9-6(11)3-2-4-7(9)12/h2-4,8H,5,11H2,1H3,(H,13,14). The van der Waals surface area contributed by atoms with E-state index in [0.717, 1.165) is 5.69 Å². The number of rotatable bonds is 1. The highest BCUT2D eigenvalue weighted by atomic mass is 16.5. The predicted octanol–water partition coefficient (Wildman–Crippen LogP) is 0.551. The molecule has 1 heterocycles. The van der Waals surface area contributed by atoms with Crippen molar-refractivity contribution in [3.05, 3.63) is 18.2 Å². The minimum absolute atomic E-state index is 0.325. The van der Waals surface area contributed by atoms with Crippen LogP contribution < -0.4 is 15.4 Å². The highest BCUT2D eigenvalue weighted by molar-refractivity contribution is 5.79. The number of hydrogen-bond donors (Lipinski definition) is 2. The first-order valence-electron chi connectivity index (χ1n) is 4.58. The summed E-state index contributed by atoms with van der Waals surface area (Å²) in [6.07, 6.45) is -0.854. The van der Waals surface area contributed by atoms with Gasteiger partial charge < -0.3 is 20.5 Å². The number of carbonyl (C=O) groups is 1. The molecule has 5 heteroatoms. The summed E-state index contributed by atoms with van der Waals surface area (Å²) in [5.74, 6) is -0.519. The first kappa shape index (κ1) is 9.64. The molecule has 80 valence electrons. The number of nitrogens with two attached hydrogens (primary N) is 1. The lowest BCUT2D eigenvalue weighted by atomic mass is 10.2. The number of fused-ring (bicyclic) bond motifs is 1. The molecule has 15 heavy (non-hydrogen) atoms. The Kier molecular flexibility index (Phi) is 2.15. The van der Waals surface area contributed by atoms with E-state index in [4.69, 9.17) is 15.6 Å². The van der Waals surface area contributed by atoms with E-state index in [9.17, 15) is 4.79 Å². The van der Waals surface area contributed by atoms with Gasteiger partial charge in [-0.3, -0.25) is 0 Å². The fourth-order valence-electron chi connectivity index (χ4n) is 1.63. The summed E-state index contributed by atoms with van der Waals surface area (Å²) >= 11 is 0. The van der Waals surface area contributed by atoms with E-state index < -0.39 is 12.1 Å². The number of nitrogen functional groups attached to an aromatic ring is 1. The molecule has 2 rings (SSSR count). The number of benzene rings is 1. The lowest BCUT2D eigenvalue weighted by Gasteiger charge is -2.32. The second-order valence-electron chi connectivity index (χ2n) is 3.52. The van der Waals surface area contributed by atoms with Crippen LogP contribution in [-0.2, 0) is 4.79 Å². The summed E-state index contributed by atoms with van der Waals surface area (Å²) in [5, 5.41) is 8.88. The van der Waals surface area contributed by atoms with Gasteiger partial charge in [-0.2, -0.15) is 0 Å². The van der Waals surface area contributed by atoms with Gasteiger partial charge in [-0.25, -0.2) is 4.79 Å². The molecule has 0 amide bonds. The summed E-state index contributed by atoms with van der Waals surface area (Å²) in [6.45, 7) is 0.325. The number of ether oxygens (including phenoxy) is 1. The third kappa shape index (κ3) is 1.56. The molecule has 1 unspecified atom stereocenters. The first-order chi connectivity index (χ1) is 7.09. The lowest BCUT2D eigenvalue weighted by molar-refractivity contribution is -0.144. The van der Waals surface area contributed by atoms with Crippen molar-refractivity contribution in [2.45, 2.75) is 6.10 Å². The molecule has 3 N–H and O–H groups in total. The van der Waals surface area contributed by atoms with Crippen LogP contribution in [0.5, 0.6) is 5.75 Å². The summed E-state index contributed by atoms with van der Waals surface area (Å²) in [5.41, 5.74) is 7.01. The Morgan fingerprint density at radius 3 is 3.07 bits per heavy atom. The average Bonchev–Trinajstić information content (AvgIpc) is 2.19. The van der Waals surface area contributed by atoms with Gasteiger partial charge in [0.1, 0.15) is 0 Å². The molecular formula is C10H12N2O3. The third-order valence-corrected chi connectivity index (χ3v) is 2.41.